The molecule has 0 aliphatic rings. The molecule has 0 saturated heterocycles. The van der Waals surface area contributed by atoms with Crippen molar-refractivity contribution in [2.75, 3.05) is 20.0 Å². The van der Waals surface area contributed by atoms with Gasteiger partial charge in [0, 0.05) is 179 Å². The summed E-state index contributed by atoms with van der Waals surface area (Å²) in [6.45, 7) is 17.9. The predicted octanol–water partition coefficient (Wildman–Crippen LogP) is 9.41. The van der Waals surface area contributed by atoms with E-state index in [2.05, 4.69) is 56.3 Å². The van der Waals surface area contributed by atoms with Gasteiger partial charge in [-0.15, -0.1) is 0 Å². The van der Waals surface area contributed by atoms with Gasteiger partial charge < -0.3 is 34.2 Å². The maximum Gasteiger partial charge on any atom is 0.247 e. The number of H-pyrrole nitrogens is 2. The molecule has 0 spiro atoms. The SMILES string of the molecule is C.COc1cc2c(cc1-c1c(C)noc1C)[nH]c1nc(C)nc(Cc3c(C#N)cnn3C)c12.COc1cc2c(cc1-c1c(C)noc1C)[nH]c1nc(C)nc(Cl)c12.S=S=S=S=S=S=S=S=S=S=S=S=S.[C-]#[N+]c1cnn(C)c1N. The first kappa shape index (κ1) is 62.8. The van der Waals surface area contributed by atoms with E-state index in [-0.39, 0.29) is 7.43 Å². The number of aryl methyl sites for hydroxylation is 8. The molecule has 0 saturated carbocycles. The van der Waals surface area contributed by atoms with Crippen LogP contribution in [0.2, 0.25) is 5.15 Å². The Morgan fingerprint density at radius 1 is 0.709 bits per heavy atom. The number of anilines is 1. The summed E-state index contributed by atoms with van der Waals surface area (Å²) in [6, 6.07) is 10.2. The molecule has 0 bridgehead atoms. The van der Waals surface area contributed by atoms with Crippen LogP contribution in [0.25, 0.3) is 71.0 Å². The number of aromatic amines is 2. The highest BCUT2D eigenvalue weighted by Gasteiger charge is 2.23. The second-order valence-electron chi connectivity index (χ2n) is 15.9. The molecule has 8 aromatic heterocycles. The Morgan fingerprint density at radius 2 is 1.18 bits per heavy atom. The number of halogens is 1. The van der Waals surface area contributed by atoms with Crippen LogP contribution in [-0.4, -0.2) is 74.0 Å². The number of hydrogen-bond donors (Lipinski definition) is 3. The van der Waals surface area contributed by atoms with Gasteiger partial charge in [-0.2, -0.15) is 15.5 Å². The molecular formula is C46H46ClN15O4S13. The van der Waals surface area contributed by atoms with Gasteiger partial charge in [0.1, 0.15) is 63.0 Å². The van der Waals surface area contributed by atoms with Crippen molar-refractivity contribution in [2.45, 2.75) is 55.4 Å². The van der Waals surface area contributed by atoms with E-state index in [1.165, 1.54) is 28.6 Å². The fourth-order valence-corrected chi connectivity index (χ4v) is 33.1. The lowest BCUT2D eigenvalue weighted by Crippen LogP contribution is -2.04. The predicted molar refractivity (Wildman–Crippen MR) is 347 cm³/mol. The topological polar surface area (TPSA) is 243 Å². The Morgan fingerprint density at radius 3 is 1.59 bits per heavy atom. The van der Waals surface area contributed by atoms with Crippen molar-refractivity contribution in [1.82, 2.24) is 59.8 Å². The van der Waals surface area contributed by atoms with Gasteiger partial charge in [-0.1, -0.05) is 29.3 Å². The molecular weight excluding hydrogens is 1280 g/mol. The molecule has 414 valence electrons. The zero-order valence-electron chi connectivity index (χ0n) is 42.4. The number of fused-ring (bicyclic) bond motifs is 6. The fraction of sp³-hybridized carbons (Fsp3) is 0.261. The number of nitriles is 1. The molecule has 8 heterocycles. The first-order chi connectivity index (χ1) is 37.6. The lowest BCUT2D eigenvalue weighted by atomic mass is 10.00. The van der Waals surface area contributed by atoms with Gasteiger partial charge in [-0.25, -0.2) is 24.8 Å². The molecule has 4 N–H and O–H groups in total. The summed E-state index contributed by atoms with van der Waals surface area (Å²) < 4.78 is 25.2. The van der Waals surface area contributed by atoms with Crippen molar-refractivity contribution >= 4 is 187 Å². The smallest absolute Gasteiger partial charge is 0.247 e. The third kappa shape index (κ3) is 14.7. The number of methoxy groups -OCH3 is 2. The molecule has 0 amide bonds. The number of rotatable bonds is 6. The molecule has 0 unspecified atom stereocenters. The van der Waals surface area contributed by atoms with Crippen molar-refractivity contribution in [3.63, 3.8) is 0 Å². The maximum atomic E-state index is 9.47. The number of nitrogens with two attached hydrogens (primary N) is 1. The minimum Gasteiger partial charge on any atom is -0.496 e. The van der Waals surface area contributed by atoms with E-state index < -0.39 is 0 Å². The zero-order chi connectivity index (χ0) is 56.2. The largest absolute Gasteiger partial charge is 0.496 e. The van der Waals surface area contributed by atoms with Crippen molar-refractivity contribution in [3.8, 4) is 39.8 Å². The van der Waals surface area contributed by atoms with Crippen molar-refractivity contribution in [3.05, 3.63) is 105 Å². The van der Waals surface area contributed by atoms with E-state index in [4.69, 9.17) is 69.8 Å². The standard InChI is InChI=1S/C23H21N7O2.C17H15ClN4O2.C5H6N4.CH4.S13/c1-11-21(12(2)32-29-11)16-6-17-15(7-20(16)31-5)22-18(26-13(3)27-23(22)28-17)8-19-14(9-24)10-25-30(19)4;1-7-14(8(2)24-22-7)11-5-12-10(6-13(11)23-4)15-16(18)19-9(3)20-17(15)21-12;1-7-4-3-8-9(2)5(4)6;;1-3-5-7-9-11-13-12-10-8-6-4-2/h6-7,10H,8H2,1-5H3,(H,26,27,28);5-6H,1-4H3,(H,19,20,21);3H,6H2,2H3;1H4;. The van der Waals surface area contributed by atoms with E-state index in [9.17, 15) is 5.26 Å². The van der Waals surface area contributed by atoms with Crippen LogP contribution in [0.1, 0.15) is 58.9 Å². The summed E-state index contributed by atoms with van der Waals surface area (Å²) in [5.41, 5.74) is 16.5. The van der Waals surface area contributed by atoms with Crippen LogP contribution < -0.4 is 15.2 Å². The molecule has 79 heavy (non-hydrogen) atoms. The van der Waals surface area contributed by atoms with Gasteiger partial charge in [-0.05, 0) is 65.8 Å². The molecule has 0 aliphatic heterocycles. The molecule has 0 fully saturated rings. The van der Waals surface area contributed by atoms with Crippen LogP contribution in [0, 0.1) is 59.4 Å². The number of aromatic nitrogens is 12. The maximum absolute atomic E-state index is 9.47. The van der Waals surface area contributed by atoms with Crippen LogP contribution in [0.15, 0.2) is 45.7 Å². The monoisotopic (exact) mass is 1320 g/mol. The summed E-state index contributed by atoms with van der Waals surface area (Å²) in [5, 5.41) is 29.6. The quantitative estimate of drug-likeness (QED) is 0.104. The highest BCUT2D eigenvalue weighted by atomic mass is 35.5. The average molecular weight is 1330 g/mol. The van der Waals surface area contributed by atoms with E-state index in [1.807, 2.05) is 72.9 Å². The van der Waals surface area contributed by atoms with E-state index in [0.29, 0.717) is 51.7 Å². The Kier molecular flexibility index (Phi) is 23.3. The lowest BCUT2D eigenvalue weighted by Gasteiger charge is -2.10. The summed E-state index contributed by atoms with van der Waals surface area (Å²) >= 11 is 15.7. The molecule has 0 radical (unpaired) electrons. The van der Waals surface area contributed by atoms with E-state index in [0.717, 1.165) is 101 Å². The lowest BCUT2D eigenvalue weighted by molar-refractivity contribution is 0.393. The molecule has 19 nitrogen and oxygen atoms in total. The van der Waals surface area contributed by atoms with Crippen LogP contribution in [0.4, 0.5) is 11.5 Å². The van der Waals surface area contributed by atoms with Gasteiger partial charge in [0.25, 0.3) is 0 Å². The van der Waals surface area contributed by atoms with Gasteiger partial charge >= 0.3 is 0 Å². The molecule has 0 aliphatic carbocycles. The van der Waals surface area contributed by atoms with E-state index >= 15 is 0 Å². The zero-order valence-corrected chi connectivity index (χ0v) is 53.8. The van der Waals surface area contributed by atoms with Gasteiger partial charge in [0.2, 0.25) is 5.69 Å². The van der Waals surface area contributed by atoms with Crippen molar-refractivity contribution in [1.29, 1.82) is 5.26 Å². The van der Waals surface area contributed by atoms with Crippen LogP contribution in [0.3, 0.4) is 0 Å². The Bertz CT molecular complexity index is 4490. The van der Waals surface area contributed by atoms with Crippen molar-refractivity contribution < 1.29 is 18.5 Å². The number of nitrogens with zero attached hydrogens (tertiary/aromatic N) is 12. The van der Waals surface area contributed by atoms with Gasteiger partial charge in [0.05, 0.1) is 78.0 Å². The molecule has 10 rings (SSSR count). The minimum absolute atomic E-state index is 0. The van der Waals surface area contributed by atoms with Crippen molar-refractivity contribution in [2.24, 2.45) is 14.1 Å². The molecule has 0 atom stereocenters. The highest BCUT2D eigenvalue weighted by Crippen LogP contribution is 2.42. The summed E-state index contributed by atoms with van der Waals surface area (Å²) in [7, 11) is 24.9. The first-order valence-electron chi connectivity index (χ1n) is 22.0. The van der Waals surface area contributed by atoms with Crippen LogP contribution in [0.5, 0.6) is 11.5 Å². The molecule has 2 aromatic carbocycles. The Balaban J connectivity index is 0.000000188. The molecule has 33 heteroatoms. The average Bonchev–Trinajstić information content (AvgIpc) is 4.40. The minimum atomic E-state index is 0. The first-order valence-corrected chi connectivity index (χ1v) is 38.4. The number of benzene rings is 2. The number of nitrogen functional groups attached to an aromatic ring is 1. The van der Waals surface area contributed by atoms with Crippen LogP contribution in [-0.2, 0) is 141 Å². The third-order valence-electron chi connectivity index (χ3n) is 11.3. The summed E-state index contributed by atoms with van der Waals surface area (Å²) in [6.07, 6.45) is 3.48. The van der Waals surface area contributed by atoms with Crippen LogP contribution >= 0.6 is 11.6 Å². The number of ether oxygens (including phenoxy) is 2. The fourth-order valence-electron chi connectivity index (χ4n) is 8.05. The van der Waals surface area contributed by atoms with Gasteiger partial charge in [-0.3, -0.25) is 9.36 Å². The second kappa shape index (κ2) is 29.3. The normalized spacial score (nSPS) is 10.3. The van der Waals surface area contributed by atoms with E-state index in [1.54, 1.807) is 112 Å². The Hall–Kier alpha value is -5.43. The molecule has 10 aromatic rings. The summed E-state index contributed by atoms with van der Waals surface area (Å²) in [5.74, 6) is 4.59. The highest BCUT2D eigenvalue weighted by molar-refractivity contribution is 8.75. The van der Waals surface area contributed by atoms with Gasteiger partial charge in [0.15, 0.2) is 0 Å². The Labute approximate surface area is 499 Å². The number of hydrogen-bond acceptors (Lipinski definition) is 16. The second-order valence-corrected chi connectivity index (χ2v) is 35.7. The summed E-state index contributed by atoms with van der Waals surface area (Å²) in [4.78, 5) is 27.9. The number of nitrogens with one attached hydrogen (secondary N) is 2. The third-order valence-corrected chi connectivity index (χ3v) is 33.8.